The summed E-state index contributed by atoms with van der Waals surface area (Å²) in [7, 11) is 0. The predicted molar refractivity (Wildman–Crippen MR) is 71.8 cm³/mol. The smallest absolute Gasteiger partial charge is 0.00703 e. The van der Waals surface area contributed by atoms with E-state index in [4.69, 9.17) is 0 Å². The van der Waals surface area contributed by atoms with Gasteiger partial charge in [-0.2, -0.15) is 0 Å². The maximum Gasteiger partial charge on any atom is 0.00703 e. The largest absolute Gasteiger partial charge is 0.317 e. The Morgan fingerprint density at radius 3 is 2.75 bits per heavy atom. The van der Waals surface area contributed by atoms with Gasteiger partial charge in [-0.25, -0.2) is 0 Å². The van der Waals surface area contributed by atoms with Crippen LogP contribution in [0.5, 0.6) is 0 Å². The Hall–Kier alpha value is -0.0800. The summed E-state index contributed by atoms with van der Waals surface area (Å²) < 4.78 is 0. The topological polar surface area (TPSA) is 15.3 Å². The molecule has 1 rings (SSSR count). The third kappa shape index (κ3) is 4.42. The monoisotopic (exact) mass is 226 g/mol. The lowest BCUT2D eigenvalue weighted by Crippen LogP contribution is -2.46. The molecular formula is C14H30N2. The van der Waals surface area contributed by atoms with E-state index in [1.807, 2.05) is 0 Å². The lowest BCUT2D eigenvalue weighted by molar-refractivity contribution is 0.0796. The minimum absolute atomic E-state index is 0.761. The van der Waals surface area contributed by atoms with Crippen LogP contribution in [-0.4, -0.2) is 36.6 Å². The summed E-state index contributed by atoms with van der Waals surface area (Å²) in [6.07, 6.45) is 5.46. The van der Waals surface area contributed by atoms with Crippen LogP contribution in [0.2, 0.25) is 0 Å². The molecule has 0 aromatic carbocycles. The molecule has 2 heteroatoms. The van der Waals surface area contributed by atoms with Crippen LogP contribution in [0.4, 0.5) is 0 Å². The molecule has 0 aliphatic carbocycles. The number of hydrogen-bond acceptors (Lipinski definition) is 2. The number of likely N-dealkylation sites (tertiary alicyclic amines) is 1. The normalized spacial score (nSPS) is 29.2. The second kappa shape index (κ2) is 7.29. The summed E-state index contributed by atoms with van der Waals surface area (Å²) in [5.41, 5.74) is 0. The number of hydrogen-bond donors (Lipinski definition) is 1. The highest BCUT2D eigenvalue weighted by Crippen LogP contribution is 2.24. The molecule has 2 nitrogen and oxygen atoms in total. The summed E-state index contributed by atoms with van der Waals surface area (Å²) >= 11 is 0. The molecule has 16 heavy (non-hydrogen) atoms. The van der Waals surface area contributed by atoms with E-state index in [0.717, 1.165) is 24.5 Å². The van der Waals surface area contributed by atoms with Crippen LogP contribution < -0.4 is 5.32 Å². The third-order valence-corrected chi connectivity index (χ3v) is 3.96. The fraction of sp³-hybridized carbons (Fsp3) is 1.00. The first kappa shape index (κ1) is 14.0. The summed E-state index contributed by atoms with van der Waals surface area (Å²) in [5, 5.41) is 3.41. The van der Waals surface area contributed by atoms with Crippen LogP contribution in [0.3, 0.4) is 0 Å². The van der Waals surface area contributed by atoms with Gasteiger partial charge in [-0.05, 0) is 58.5 Å². The minimum atomic E-state index is 0.761. The van der Waals surface area contributed by atoms with Gasteiger partial charge in [0.1, 0.15) is 0 Å². The predicted octanol–water partition coefficient (Wildman–Crippen LogP) is 2.89. The van der Waals surface area contributed by atoms with Crippen LogP contribution in [-0.2, 0) is 0 Å². The summed E-state index contributed by atoms with van der Waals surface area (Å²) in [6, 6.07) is 1.56. The van der Waals surface area contributed by atoms with Crippen LogP contribution in [0.1, 0.15) is 53.4 Å². The molecule has 0 amide bonds. The first-order valence-corrected chi connectivity index (χ1v) is 7.11. The van der Waals surface area contributed by atoms with Gasteiger partial charge in [0.25, 0.3) is 0 Å². The van der Waals surface area contributed by atoms with Gasteiger partial charge in [0, 0.05) is 18.6 Å². The highest BCUT2D eigenvalue weighted by molar-refractivity contribution is 4.80. The molecule has 1 fully saturated rings. The Balaban J connectivity index is 2.25. The lowest BCUT2D eigenvalue weighted by Gasteiger charge is -2.41. The molecule has 0 bridgehead atoms. The Labute approximate surface area is 102 Å². The van der Waals surface area contributed by atoms with Crippen molar-refractivity contribution in [3.05, 3.63) is 0 Å². The summed E-state index contributed by atoms with van der Waals surface area (Å²) in [6.45, 7) is 13.0. The first-order chi connectivity index (χ1) is 7.65. The number of rotatable bonds is 6. The molecule has 1 aliphatic heterocycles. The van der Waals surface area contributed by atoms with Gasteiger partial charge in [-0.3, -0.25) is 4.90 Å². The van der Waals surface area contributed by atoms with Crippen molar-refractivity contribution in [1.82, 2.24) is 10.2 Å². The number of nitrogens with zero attached hydrogens (tertiary/aromatic N) is 1. The molecule has 1 N–H and O–H groups in total. The van der Waals surface area contributed by atoms with Gasteiger partial charge in [0.15, 0.2) is 0 Å². The summed E-state index contributed by atoms with van der Waals surface area (Å²) in [5.74, 6) is 0.896. The molecule has 0 saturated carbocycles. The van der Waals surface area contributed by atoms with E-state index >= 15 is 0 Å². The maximum atomic E-state index is 3.41. The van der Waals surface area contributed by atoms with E-state index in [2.05, 4.69) is 37.9 Å². The zero-order valence-electron chi connectivity index (χ0n) is 11.6. The third-order valence-electron chi connectivity index (χ3n) is 3.96. The average molecular weight is 226 g/mol. The number of piperidine rings is 1. The second-order valence-corrected chi connectivity index (χ2v) is 5.57. The SMILES string of the molecule is CCNCCCC(C)N1CC(C)CCC1C. The molecule has 3 unspecified atom stereocenters. The van der Waals surface area contributed by atoms with Crippen LogP contribution >= 0.6 is 0 Å². The average Bonchev–Trinajstić information content (AvgIpc) is 2.27. The molecule has 1 heterocycles. The quantitative estimate of drug-likeness (QED) is 0.701. The Kier molecular flexibility index (Phi) is 6.37. The van der Waals surface area contributed by atoms with Gasteiger partial charge in [-0.1, -0.05) is 13.8 Å². The van der Waals surface area contributed by atoms with E-state index in [1.54, 1.807) is 0 Å². The van der Waals surface area contributed by atoms with Gasteiger partial charge in [0.2, 0.25) is 0 Å². The fourth-order valence-corrected chi connectivity index (χ4v) is 2.80. The Morgan fingerprint density at radius 2 is 2.06 bits per heavy atom. The van der Waals surface area contributed by atoms with Gasteiger partial charge in [0.05, 0.1) is 0 Å². The van der Waals surface area contributed by atoms with Crippen molar-refractivity contribution in [2.75, 3.05) is 19.6 Å². The van der Waals surface area contributed by atoms with Crippen LogP contribution in [0.25, 0.3) is 0 Å². The van der Waals surface area contributed by atoms with Crippen molar-refractivity contribution < 1.29 is 0 Å². The van der Waals surface area contributed by atoms with Crippen LogP contribution in [0.15, 0.2) is 0 Å². The molecule has 96 valence electrons. The molecule has 0 aromatic rings. The number of nitrogens with one attached hydrogen (secondary N) is 1. The second-order valence-electron chi connectivity index (χ2n) is 5.57. The Bertz CT molecular complexity index is 182. The lowest BCUT2D eigenvalue weighted by atomic mass is 9.93. The maximum absolute atomic E-state index is 3.41. The van der Waals surface area contributed by atoms with Crippen molar-refractivity contribution in [3.8, 4) is 0 Å². The van der Waals surface area contributed by atoms with Crippen molar-refractivity contribution in [3.63, 3.8) is 0 Å². The molecule has 0 aromatic heterocycles. The highest BCUT2D eigenvalue weighted by atomic mass is 15.2. The minimum Gasteiger partial charge on any atom is -0.317 e. The Morgan fingerprint density at radius 1 is 1.31 bits per heavy atom. The van der Waals surface area contributed by atoms with Crippen molar-refractivity contribution in [1.29, 1.82) is 0 Å². The standard InChI is InChI=1S/C14H30N2/c1-5-15-10-6-7-13(3)16-11-12(2)8-9-14(16)4/h12-15H,5-11H2,1-4H3. The fourth-order valence-electron chi connectivity index (χ4n) is 2.80. The molecular weight excluding hydrogens is 196 g/mol. The van der Waals surface area contributed by atoms with Crippen molar-refractivity contribution >= 4 is 0 Å². The van der Waals surface area contributed by atoms with E-state index in [1.165, 1.54) is 38.8 Å². The zero-order valence-corrected chi connectivity index (χ0v) is 11.6. The summed E-state index contributed by atoms with van der Waals surface area (Å²) in [4.78, 5) is 2.72. The van der Waals surface area contributed by atoms with E-state index in [0.29, 0.717) is 0 Å². The molecule has 1 saturated heterocycles. The molecule has 0 radical (unpaired) electrons. The molecule has 0 spiro atoms. The molecule has 1 aliphatic rings. The van der Waals surface area contributed by atoms with Crippen molar-refractivity contribution in [2.24, 2.45) is 5.92 Å². The molecule has 3 atom stereocenters. The van der Waals surface area contributed by atoms with Gasteiger partial charge in [-0.15, -0.1) is 0 Å². The van der Waals surface area contributed by atoms with Crippen LogP contribution in [0, 0.1) is 5.92 Å². The van der Waals surface area contributed by atoms with E-state index in [-0.39, 0.29) is 0 Å². The first-order valence-electron chi connectivity index (χ1n) is 7.11. The van der Waals surface area contributed by atoms with Gasteiger partial charge >= 0.3 is 0 Å². The van der Waals surface area contributed by atoms with E-state index in [9.17, 15) is 0 Å². The van der Waals surface area contributed by atoms with Gasteiger partial charge < -0.3 is 5.32 Å². The highest BCUT2D eigenvalue weighted by Gasteiger charge is 2.26. The van der Waals surface area contributed by atoms with Crippen molar-refractivity contribution in [2.45, 2.75) is 65.5 Å². The zero-order chi connectivity index (χ0) is 12.0. The van der Waals surface area contributed by atoms with E-state index < -0.39 is 0 Å².